The number of halogens is 1. The van der Waals surface area contributed by atoms with Crippen LogP contribution in [0, 0.1) is 0 Å². The van der Waals surface area contributed by atoms with Gasteiger partial charge in [0.1, 0.15) is 11.5 Å². The molecule has 0 unspecified atom stereocenters. The van der Waals surface area contributed by atoms with Crippen molar-refractivity contribution >= 4 is 29.5 Å². The predicted octanol–water partition coefficient (Wildman–Crippen LogP) is 3.61. The van der Waals surface area contributed by atoms with Gasteiger partial charge in [-0.2, -0.15) is 0 Å². The van der Waals surface area contributed by atoms with Crippen molar-refractivity contribution in [3.8, 4) is 22.8 Å². The van der Waals surface area contributed by atoms with Gasteiger partial charge in [-0.3, -0.25) is 0 Å². The summed E-state index contributed by atoms with van der Waals surface area (Å²) in [7, 11) is 1.94. The first kappa shape index (κ1) is 23.6. The molecule has 1 heterocycles. The first-order valence-electron chi connectivity index (χ1n) is 9.15. The zero-order valence-corrected chi connectivity index (χ0v) is 17.6. The lowest BCUT2D eigenvalue weighted by Crippen LogP contribution is -2.09. The van der Waals surface area contributed by atoms with E-state index in [4.69, 9.17) is 36.1 Å². The third kappa shape index (κ3) is 6.65. The molecular formula is C21H22ClN3O6. The SMILES string of the molecule is CCOc1ccc(-c2cnc(NCc3cc(Cl)ccc3O)n2C)cc1.O=C(O)C(=O)O. The lowest BCUT2D eigenvalue weighted by molar-refractivity contribution is -0.159. The van der Waals surface area contributed by atoms with Crippen LogP contribution in [0.3, 0.4) is 0 Å². The Morgan fingerprint density at radius 3 is 2.35 bits per heavy atom. The highest BCUT2D eigenvalue weighted by Crippen LogP contribution is 2.26. The normalized spacial score (nSPS) is 10.0. The second-order valence-corrected chi connectivity index (χ2v) is 6.66. The topological polar surface area (TPSA) is 134 Å². The summed E-state index contributed by atoms with van der Waals surface area (Å²) >= 11 is 5.98. The number of carboxylic acid groups (broad SMARTS) is 2. The number of aromatic nitrogens is 2. The molecule has 164 valence electrons. The minimum atomic E-state index is -1.82. The molecule has 31 heavy (non-hydrogen) atoms. The number of nitrogens with one attached hydrogen (secondary N) is 1. The number of phenolic OH excluding ortho intramolecular Hbond substituents is 1. The van der Waals surface area contributed by atoms with Crippen LogP contribution in [0.2, 0.25) is 5.02 Å². The van der Waals surface area contributed by atoms with Crippen LogP contribution >= 0.6 is 11.6 Å². The smallest absolute Gasteiger partial charge is 0.414 e. The maximum atomic E-state index is 9.90. The summed E-state index contributed by atoms with van der Waals surface area (Å²) in [5.41, 5.74) is 2.76. The molecule has 0 aliphatic heterocycles. The minimum absolute atomic E-state index is 0.206. The summed E-state index contributed by atoms with van der Waals surface area (Å²) in [5, 5.41) is 28.5. The first-order chi connectivity index (χ1) is 14.7. The van der Waals surface area contributed by atoms with Crippen molar-refractivity contribution in [1.29, 1.82) is 0 Å². The highest BCUT2D eigenvalue weighted by Gasteiger charge is 2.10. The molecule has 0 fully saturated rings. The van der Waals surface area contributed by atoms with E-state index >= 15 is 0 Å². The molecule has 0 aliphatic carbocycles. The van der Waals surface area contributed by atoms with Crippen molar-refractivity contribution in [1.82, 2.24) is 9.55 Å². The van der Waals surface area contributed by atoms with Gasteiger partial charge in [0.25, 0.3) is 0 Å². The van der Waals surface area contributed by atoms with Crippen LogP contribution in [0.5, 0.6) is 11.5 Å². The van der Waals surface area contributed by atoms with E-state index in [1.807, 2.05) is 49.0 Å². The predicted molar refractivity (Wildman–Crippen MR) is 116 cm³/mol. The summed E-state index contributed by atoms with van der Waals surface area (Å²) in [6.07, 6.45) is 1.82. The Bertz CT molecular complexity index is 1040. The van der Waals surface area contributed by atoms with Crippen LogP contribution in [0.25, 0.3) is 11.3 Å². The molecule has 9 nitrogen and oxygen atoms in total. The highest BCUT2D eigenvalue weighted by atomic mass is 35.5. The molecule has 0 saturated carbocycles. The van der Waals surface area contributed by atoms with Crippen molar-refractivity contribution in [2.45, 2.75) is 13.5 Å². The number of carbonyl (C=O) groups is 2. The van der Waals surface area contributed by atoms with Gasteiger partial charge in [0, 0.05) is 29.7 Å². The summed E-state index contributed by atoms with van der Waals surface area (Å²) in [6.45, 7) is 3.04. The molecule has 0 atom stereocenters. The molecule has 0 radical (unpaired) electrons. The molecule has 0 bridgehead atoms. The second-order valence-electron chi connectivity index (χ2n) is 6.22. The number of anilines is 1. The Kier molecular flexibility index (Phi) is 8.27. The average Bonchev–Trinajstić information content (AvgIpc) is 3.10. The summed E-state index contributed by atoms with van der Waals surface area (Å²) in [6, 6.07) is 12.9. The van der Waals surface area contributed by atoms with E-state index in [1.165, 1.54) is 0 Å². The Balaban J connectivity index is 0.000000501. The van der Waals surface area contributed by atoms with E-state index in [1.54, 1.807) is 18.2 Å². The number of aliphatic carboxylic acids is 2. The van der Waals surface area contributed by atoms with Crippen molar-refractivity contribution in [3.05, 3.63) is 59.2 Å². The molecular weight excluding hydrogens is 426 g/mol. The van der Waals surface area contributed by atoms with E-state index < -0.39 is 11.9 Å². The molecule has 0 amide bonds. The molecule has 2 aromatic carbocycles. The van der Waals surface area contributed by atoms with Gasteiger partial charge in [-0.1, -0.05) is 11.6 Å². The Hall–Kier alpha value is -3.72. The Morgan fingerprint density at radius 2 is 1.77 bits per heavy atom. The van der Waals surface area contributed by atoms with Crippen LogP contribution in [0.4, 0.5) is 5.95 Å². The zero-order valence-electron chi connectivity index (χ0n) is 16.9. The van der Waals surface area contributed by atoms with Crippen LogP contribution in [0.1, 0.15) is 12.5 Å². The summed E-state index contributed by atoms with van der Waals surface area (Å²) < 4.78 is 7.44. The van der Waals surface area contributed by atoms with Crippen LogP contribution < -0.4 is 10.1 Å². The number of phenols is 1. The molecule has 0 spiro atoms. The van der Waals surface area contributed by atoms with Crippen LogP contribution in [-0.2, 0) is 23.2 Å². The standard InChI is InChI=1S/C19H20ClN3O2.C2H2O4/c1-3-25-16-7-4-13(5-8-16)17-12-22-19(23(17)2)21-11-14-10-15(20)6-9-18(14)24;3-1(4)2(5)6/h4-10,12,24H,3,11H2,1-2H3,(H,21,22);(H,3,4)(H,5,6). The molecule has 3 aromatic rings. The van der Waals surface area contributed by atoms with E-state index in [-0.39, 0.29) is 5.75 Å². The third-order valence-electron chi connectivity index (χ3n) is 4.11. The average molecular weight is 448 g/mol. The lowest BCUT2D eigenvalue weighted by atomic mass is 10.1. The number of rotatable bonds is 6. The monoisotopic (exact) mass is 447 g/mol. The number of ether oxygens (including phenoxy) is 1. The fourth-order valence-electron chi connectivity index (χ4n) is 2.60. The number of imidazole rings is 1. The van der Waals surface area contributed by atoms with Crippen molar-refractivity contribution in [3.63, 3.8) is 0 Å². The van der Waals surface area contributed by atoms with Gasteiger partial charge in [-0.25, -0.2) is 14.6 Å². The number of carboxylic acids is 2. The third-order valence-corrected chi connectivity index (χ3v) is 4.35. The Morgan fingerprint density at radius 1 is 1.13 bits per heavy atom. The minimum Gasteiger partial charge on any atom is -0.508 e. The van der Waals surface area contributed by atoms with Gasteiger partial charge in [0.2, 0.25) is 5.95 Å². The quantitative estimate of drug-likeness (QED) is 0.421. The fraction of sp³-hybridized carbons (Fsp3) is 0.190. The van der Waals surface area contributed by atoms with Crippen molar-refractivity contribution in [2.24, 2.45) is 7.05 Å². The van der Waals surface area contributed by atoms with Gasteiger partial charge in [-0.15, -0.1) is 0 Å². The summed E-state index contributed by atoms with van der Waals surface area (Å²) in [4.78, 5) is 22.6. The van der Waals surface area contributed by atoms with Gasteiger partial charge >= 0.3 is 11.9 Å². The molecule has 0 saturated heterocycles. The maximum absolute atomic E-state index is 9.90. The van der Waals surface area contributed by atoms with Gasteiger partial charge in [-0.05, 0) is 49.4 Å². The molecule has 0 aliphatic rings. The number of nitrogens with zero attached hydrogens (tertiary/aromatic N) is 2. The summed E-state index contributed by atoms with van der Waals surface area (Å²) in [5.74, 6) is -1.88. The molecule has 3 rings (SSSR count). The van der Waals surface area contributed by atoms with Crippen molar-refractivity contribution < 1.29 is 29.6 Å². The Labute approximate surface area is 183 Å². The lowest BCUT2D eigenvalue weighted by Gasteiger charge is -2.10. The van der Waals surface area contributed by atoms with E-state index in [9.17, 15) is 5.11 Å². The molecule has 10 heteroatoms. The largest absolute Gasteiger partial charge is 0.508 e. The van der Waals surface area contributed by atoms with E-state index in [2.05, 4.69) is 10.3 Å². The highest BCUT2D eigenvalue weighted by molar-refractivity contribution is 6.30. The van der Waals surface area contributed by atoms with Crippen LogP contribution in [-0.4, -0.2) is 43.4 Å². The molecule has 1 aromatic heterocycles. The maximum Gasteiger partial charge on any atom is 0.414 e. The number of benzene rings is 2. The van der Waals surface area contributed by atoms with Gasteiger partial charge in [0.15, 0.2) is 0 Å². The van der Waals surface area contributed by atoms with Crippen molar-refractivity contribution in [2.75, 3.05) is 11.9 Å². The van der Waals surface area contributed by atoms with Gasteiger partial charge in [0.05, 0.1) is 18.5 Å². The van der Waals surface area contributed by atoms with Gasteiger partial charge < -0.3 is 29.9 Å². The first-order valence-corrected chi connectivity index (χ1v) is 9.53. The molecule has 4 N–H and O–H groups in total. The number of aromatic hydroxyl groups is 1. The number of hydrogen-bond donors (Lipinski definition) is 4. The van der Waals surface area contributed by atoms with E-state index in [0.29, 0.717) is 24.1 Å². The van der Waals surface area contributed by atoms with E-state index in [0.717, 1.165) is 22.6 Å². The fourth-order valence-corrected chi connectivity index (χ4v) is 2.80. The second kappa shape index (κ2) is 10.9. The zero-order chi connectivity index (χ0) is 23.0. The number of hydrogen-bond acceptors (Lipinski definition) is 6. The van der Waals surface area contributed by atoms with Crippen LogP contribution in [0.15, 0.2) is 48.7 Å².